The number of aromatic nitrogens is 3. The standard InChI is InChI=1S/C21H26N4OS/c1-14-16(15-8-4-3-5-9-15)12-19-18(22-21(27-2)24-23-19)13-17(14)20(26)25-10-6-7-11-25/h3-5,8-9,14,16-17H,6-7,10-13H2,1-2H3/t14-,16+,17+/m1/s1. The zero-order chi connectivity index (χ0) is 18.8. The molecule has 4 rings (SSSR count). The summed E-state index contributed by atoms with van der Waals surface area (Å²) in [5.41, 5.74) is 3.18. The minimum atomic E-state index is -0.0547. The van der Waals surface area contributed by atoms with Crippen molar-refractivity contribution in [2.75, 3.05) is 19.3 Å². The molecule has 0 bridgehead atoms. The van der Waals surface area contributed by atoms with Crippen LogP contribution >= 0.6 is 11.8 Å². The number of likely N-dealkylation sites (tertiary alicyclic amines) is 1. The maximum atomic E-state index is 13.4. The summed E-state index contributed by atoms with van der Waals surface area (Å²) in [6.07, 6.45) is 5.65. The van der Waals surface area contributed by atoms with Crippen molar-refractivity contribution in [3.63, 3.8) is 0 Å². The zero-order valence-corrected chi connectivity index (χ0v) is 16.8. The first-order valence-corrected chi connectivity index (χ1v) is 11.0. The molecule has 6 heteroatoms. The summed E-state index contributed by atoms with van der Waals surface area (Å²) < 4.78 is 0. The smallest absolute Gasteiger partial charge is 0.226 e. The van der Waals surface area contributed by atoms with Crippen LogP contribution in [0.1, 0.15) is 42.6 Å². The fraction of sp³-hybridized carbons (Fsp3) is 0.524. The first-order chi connectivity index (χ1) is 13.2. The molecule has 2 heterocycles. The summed E-state index contributed by atoms with van der Waals surface area (Å²) in [6.45, 7) is 4.01. The van der Waals surface area contributed by atoms with E-state index in [0.717, 1.165) is 43.7 Å². The van der Waals surface area contributed by atoms with Gasteiger partial charge in [-0.3, -0.25) is 4.79 Å². The molecule has 1 fully saturated rings. The molecule has 27 heavy (non-hydrogen) atoms. The highest BCUT2D eigenvalue weighted by atomic mass is 32.2. The van der Waals surface area contributed by atoms with Gasteiger partial charge in [-0.2, -0.15) is 5.10 Å². The molecule has 2 aliphatic rings. The molecule has 3 atom stereocenters. The van der Waals surface area contributed by atoms with E-state index in [2.05, 4.69) is 46.3 Å². The van der Waals surface area contributed by atoms with Crippen molar-refractivity contribution >= 4 is 17.7 Å². The Labute approximate surface area is 165 Å². The minimum Gasteiger partial charge on any atom is -0.342 e. The van der Waals surface area contributed by atoms with E-state index in [1.54, 1.807) is 0 Å². The fourth-order valence-electron chi connectivity index (χ4n) is 4.45. The van der Waals surface area contributed by atoms with Gasteiger partial charge in [0, 0.05) is 31.8 Å². The lowest BCUT2D eigenvalue weighted by Gasteiger charge is -2.30. The van der Waals surface area contributed by atoms with Crippen LogP contribution in [0.25, 0.3) is 0 Å². The summed E-state index contributed by atoms with van der Waals surface area (Å²) in [6, 6.07) is 10.5. The predicted octanol–water partition coefficient (Wildman–Crippen LogP) is 3.35. The number of amides is 1. The molecule has 1 aromatic heterocycles. The van der Waals surface area contributed by atoms with Gasteiger partial charge in [-0.25, -0.2) is 4.98 Å². The maximum absolute atomic E-state index is 13.4. The zero-order valence-electron chi connectivity index (χ0n) is 16.0. The molecule has 0 unspecified atom stereocenters. The Balaban J connectivity index is 1.73. The second-order valence-electron chi connectivity index (χ2n) is 7.62. The van der Waals surface area contributed by atoms with Gasteiger partial charge in [-0.05, 0) is 36.5 Å². The summed E-state index contributed by atoms with van der Waals surface area (Å²) in [5.74, 6) is 0.716. The second-order valence-corrected chi connectivity index (χ2v) is 8.39. The van der Waals surface area contributed by atoms with Crippen molar-refractivity contribution in [1.29, 1.82) is 0 Å². The highest BCUT2D eigenvalue weighted by Crippen LogP contribution is 2.39. The van der Waals surface area contributed by atoms with E-state index < -0.39 is 0 Å². The van der Waals surface area contributed by atoms with E-state index in [-0.39, 0.29) is 23.7 Å². The first kappa shape index (κ1) is 18.4. The van der Waals surface area contributed by atoms with Crippen LogP contribution in [0.5, 0.6) is 0 Å². The van der Waals surface area contributed by atoms with Gasteiger partial charge in [-0.15, -0.1) is 5.10 Å². The van der Waals surface area contributed by atoms with Crippen LogP contribution in [-0.2, 0) is 17.6 Å². The number of fused-ring (bicyclic) bond motifs is 1. The van der Waals surface area contributed by atoms with Crippen LogP contribution in [0.4, 0.5) is 0 Å². The normalized spacial score (nSPS) is 25.1. The number of benzene rings is 1. The molecule has 5 nitrogen and oxygen atoms in total. The van der Waals surface area contributed by atoms with Gasteiger partial charge in [0.2, 0.25) is 11.1 Å². The number of rotatable bonds is 3. The molecule has 0 N–H and O–H groups in total. The van der Waals surface area contributed by atoms with E-state index in [1.165, 1.54) is 17.3 Å². The quantitative estimate of drug-likeness (QED) is 0.602. The summed E-state index contributed by atoms with van der Waals surface area (Å²) in [7, 11) is 0. The van der Waals surface area contributed by atoms with Crippen molar-refractivity contribution in [1.82, 2.24) is 20.1 Å². The monoisotopic (exact) mass is 382 g/mol. The Morgan fingerprint density at radius 3 is 2.52 bits per heavy atom. The Bertz CT molecular complexity index is 807. The first-order valence-electron chi connectivity index (χ1n) is 9.77. The van der Waals surface area contributed by atoms with Crippen molar-refractivity contribution in [3.05, 3.63) is 47.3 Å². The lowest BCUT2D eigenvalue weighted by Crippen LogP contribution is -2.39. The third-order valence-corrected chi connectivity index (χ3v) is 6.60. The van der Waals surface area contributed by atoms with E-state index in [4.69, 9.17) is 4.98 Å². The van der Waals surface area contributed by atoms with Gasteiger partial charge >= 0.3 is 0 Å². The van der Waals surface area contributed by atoms with Gasteiger partial charge in [0.15, 0.2) is 0 Å². The summed E-state index contributed by atoms with van der Waals surface area (Å²) in [4.78, 5) is 20.1. The van der Waals surface area contributed by atoms with Gasteiger partial charge in [0.1, 0.15) is 0 Å². The highest BCUT2D eigenvalue weighted by molar-refractivity contribution is 7.98. The topological polar surface area (TPSA) is 59.0 Å². The van der Waals surface area contributed by atoms with Crippen molar-refractivity contribution in [2.24, 2.45) is 11.8 Å². The third-order valence-electron chi connectivity index (χ3n) is 6.06. The van der Waals surface area contributed by atoms with Crippen LogP contribution in [0.3, 0.4) is 0 Å². The van der Waals surface area contributed by atoms with Crippen molar-refractivity contribution < 1.29 is 4.79 Å². The Morgan fingerprint density at radius 1 is 1.07 bits per heavy atom. The van der Waals surface area contributed by atoms with Crippen LogP contribution in [-0.4, -0.2) is 45.3 Å². The average molecular weight is 383 g/mol. The minimum absolute atomic E-state index is 0.0547. The molecule has 1 aromatic carbocycles. The highest BCUT2D eigenvalue weighted by Gasteiger charge is 2.39. The van der Waals surface area contributed by atoms with E-state index in [9.17, 15) is 4.79 Å². The number of thioether (sulfide) groups is 1. The van der Waals surface area contributed by atoms with E-state index in [1.807, 2.05) is 12.3 Å². The van der Waals surface area contributed by atoms with Crippen molar-refractivity contribution in [2.45, 2.75) is 43.7 Å². The van der Waals surface area contributed by atoms with Crippen LogP contribution < -0.4 is 0 Å². The van der Waals surface area contributed by atoms with Gasteiger partial charge < -0.3 is 4.90 Å². The SMILES string of the molecule is CSc1nnc2c(n1)C[C@H](C(=O)N1CCCC1)[C@H](C)[C@@H](c1ccccc1)C2. The molecule has 0 radical (unpaired) electrons. The predicted molar refractivity (Wildman–Crippen MR) is 107 cm³/mol. The molecule has 0 saturated carbocycles. The lowest BCUT2D eigenvalue weighted by atomic mass is 9.77. The van der Waals surface area contributed by atoms with Crippen LogP contribution in [0, 0.1) is 11.8 Å². The Hall–Kier alpha value is -1.95. The number of hydrogen-bond donors (Lipinski definition) is 0. The van der Waals surface area contributed by atoms with E-state index >= 15 is 0 Å². The third kappa shape index (κ3) is 3.72. The molecule has 1 aliphatic heterocycles. The maximum Gasteiger partial charge on any atom is 0.226 e. The molecule has 1 aliphatic carbocycles. The fourth-order valence-corrected chi connectivity index (χ4v) is 4.77. The molecule has 1 amide bonds. The molecule has 1 saturated heterocycles. The Morgan fingerprint density at radius 2 is 1.81 bits per heavy atom. The number of carbonyl (C=O) groups excluding carboxylic acids is 1. The van der Waals surface area contributed by atoms with Gasteiger partial charge in [0.05, 0.1) is 11.4 Å². The average Bonchev–Trinajstić information content (AvgIpc) is 3.20. The van der Waals surface area contributed by atoms with E-state index in [0.29, 0.717) is 11.6 Å². The molecule has 2 aromatic rings. The lowest BCUT2D eigenvalue weighted by molar-refractivity contribution is -0.136. The summed E-state index contributed by atoms with van der Waals surface area (Å²) >= 11 is 1.50. The van der Waals surface area contributed by atoms with Crippen LogP contribution in [0.15, 0.2) is 35.5 Å². The van der Waals surface area contributed by atoms with Gasteiger partial charge in [-0.1, -0.05) is 49.0 Å². The largest absolute Gasteiger partial charge is 0.342 e. The molecular formula is C21H26N4OS. The summed E-state index contributed by atoms with van der Waals surface area (Å²) in [5, 5.41) is 9.44. The number of carbonyl (C=O) groups is 1. The molecule has 142 valence electrons. The molecular weight excluding hydrogens is 356 g/mol. The van der Waals surface area contributed by atoms with Crippen molar-refractivity contribution in [3.8, 4) is 0 Å². The second kappa shape index (κ2) is 7.97. The van der Waals surface area contributed by atoms with Gasteiger partial charge in [0.25, 0.3) is 0 Å². The number of nitrogens with zero attached hydrogens (tertiary/aromatic N) is 4. The van der Waals surface area contributed by atoms with Crippen LogP contribution in [0.2, 0.25) is 0 Å². The Kier molecular flexibility index (Phi) is 5.43. The number of hydrogen-bond acceptors (Lipinski definition) is 5. The molecule has 0 spiro atoms.